The molecule has 0 bridgehead atoms. The van der Waals surface area contributed by atoms with Gasteiger partial charge in [0.2, 0.25) is 0 Å². The Morgan fingerprint density at radius 3 is 2.67 bits per heavy atom. The van der Waals surface area contributed by atoms with Crippen molar-refractivity contribution in [3.8, 4) is 0 Å². The second kappa shape index (κ2) is 7.75. The number of hydrogen-bond donors (Lipinski definition) is 1. The summed E-state index contributed by atoms with van der Waals surface area (Å²) in [5.74, 6) is 0.809. The highest BCUT2D eigenvalue weighted by molar-refractivity contribution is 5.03. The van der Waals surface area contributed by atoms with Gasteiger partial charge in [-0.25, -0.2) is 0 Å². The van der Waals surface area contributed by atoms with Gasteiger partial charge in [0.05, 0.1) is 6.61 Å². The summed E-state index contributed by atoms with van der Waals surface area (Å²) < 4.78 is 5.32. The van der Waals surface area contributed by atoms with Crippen LogP contribution in [0.4, 0.5) is 0 Å². The summed E-state index contributed by atoms with van der Waals surface area (Å²) >= 11 is 0. The minimum Gasteiger partial charge on any atom is -0.495 e. The zero-order valence-electron chi connectivity index (χ0n) is 9.87. The van der Waals surface area contributed by atoms with Crippen molar-refractivity contribution >= 4 is 0 Å². The molecule has 1 unspecified atom stereocenters. The van der Waals surface area contributed by atoms with E-state index in [1.54, 1.807) is 0 Å². The molecule has 1 atom stereocenters. The lowest BCUT2D eigenvalue weighted by Gasteiger charge is -2.11. The molecule has 0 aromatic heterocycles. The summed E-state index contributed by atoms with van der Waals surface area (Å²) in [6, 6.07) is 0. The molecular formula is C13H24O2. The molecule has 88 valence electrons. The van der Waals surface area contributed by atoms with Crippen molar-refractivity contribution in [2.45, 2.75) is 64.4 Å². The van der Waals surface area contributed by atoms with Gasteiger partial charge in [-0.15, -0.1) is 0 Å². The van der Waals surface area contributed by atoms with Crippen LogP contribution in [0.2, 0.25) is 0 Å². The van der Waals surface area contributed by atoms with Crippen molar-refractivity contribution in [1.29, 1.82) is 0 Å². The molecule has 0 radical (unpaired) electrons. The smallest absolute Gasteiger partial charge is 0.121 e. The zero-order valence-corrected chi connectivity index (χ0v) is 9.87. The third-order valence-electron chi connectivity index (χ3n) is 2.89. The van der Waals surface area contributed by atoms with E-state index in [2.05, 4.69) is 6.92 Å². The molecule has 0 aliphatic carbocycles. The second-order valence-electron chi connectivity index (χ2n) is 4.32. The average molecular weight is 212 g/mol. The highest BCUT2D eigenvalue weighted by Crippen LogP contribution is 2.18. The van der Waals surface area contributed by atoms with Crippen molar-refractivity contribution in [2.75, 3.05) is 6.61 Å². The van der Waals surface area contributed by atoms with Gasteiger partial charge in [0, 0.05) is 6.42 Å². The van der Waals surface area contributed by atoms with Gasteiger partial charge in [0.25, 0.3) is 0 Å². The highest BCUT2D eigenvalue weighted by Gasteiger charge is 2.14. The van der Waals surface area contributed by atoms with Crippen LogP contribution in [-0.2, 0) is 4.74 Å². The van der Waals surface area contributed by atoms with Crippen LogP contribution >= 0.6 is 0 Å². The molecule has 1 aliphatic rings. The predicted molar refractivity (Wildman–Crippen MR) is 62.7 cm³/mol. The largest absolute Gasteiger partial charge is 0.495 e. The molecule has 15 heavy (non-hydrogen) atoms. The van der Waals surface area contributed by atoms with E-state index in [1.807, 2.05) is 6.08 Å². The van der Waals surface area contributed by atoms with E-state index < -0.39 is 0 Å². The van der Waals surface area contributed by atoms with Gasteiger partial charge in [-0.05, 0) is 12.5 Å². The van der Waals surface area contributed by atoms with Crippen molar-refractivity contribution < 1.29 is 9.84 Å². The van der Waals surface area contributed by atoms with Gasteiger partial charge < -0.3 is 9.84 Å². The summed E-state index contributed by atoms with van der Waals surface area (Å²) in [6.45, 7) is 2.98. The molecule has 1 rings (SSSR count). The van der Waals surface area contributed by atoms with Gasteiger partial charge in [-0.3, -0.25) is 0 Å². The van der Waals surface area contributed by atoms with E-state index >= 15 is 0 Å². The highest BCUT2D eigenvalue weighted by atomic mass is 16.5. The van der Waals surface area contributed by atoms with Crippen molar-refractivity contribution in [1.82, 2.24) is 0 Å². The summed E-state index contributed by atoms with van der Waals surface area (Å²) in [5, 5.41) is 9.76. The average Bonchev–Trinajstić information content (AvgIpc) is 2.76. The van der Waals surface area contributed by atoms with E-state index in [1.165, 1.54) is 32.1 Å². The lowest BCUT2D eigenvalue weighted by atomic mass is 10.1. The van der Waals surface area contributed by atoms with Gasteiger partial charge in [-0.1, -0.05) is 45.4 Å². The normalized spacial score (nSPS) is 17.3. The molecule has 0 amide bonds. The lowest BCUT2D eigenvalue weighted by Crippen LogP contribution is -2.10. The number of rotatable bonds is 8. The molecule has 1 aliphatic heterocycles. The molecule has 0 saturated heterocycles. The Hall–Kier alpha value is -0.500. The number of aliphatic hydroxyl groups is 1. The quantitative estimate of drug-likeness (QED) is 0.625. The van der Waals surface area contributed by atoms with Gasteiger partial charge in [0.1, 0.15) is 11.9 Å². The van der Waals surface area contributed by atoms with Crippen LogP contribution in [0.5, 0.6) is 0 Å². The van der Waals surface area contributed by atoms with Crippen LogP contribution in [0.1, 0.15) is 58.3 Å². The van der Waals surface area contributed by atoms with Crippen LogP contribution in [0.3, 0.4) is 0 Å². The van der Waals surface area contributed by atoms with Crippen LogP contribution < -0.4 is 0 Å². The summed E-state index contributed by atoms with van der Waals surface area (Å²) in [6.07, 6.45) is 11.1. The van der Waals surface area contributed by atoms with E-state index in [0.29, 0.717) is 0 Å². The summed E-state index contributed by atoms with van der Waals surface area (Å²) in [4.78, 5) is 0. The zero-order chi connectivity index (χ0) is 10.9. The first kappa shape index (κ1) is 12.6. The standard InChI is InChI=1S/C13H24O2/c1-2-3-4-5-6-7-9-12(14)13-10-8-11-15-13/h10,12,14H,2-9,11H2,1H3. The third kappa shape index (κ3) is 5.22. The van der Waals surface area contributed by atoms with Crippen LogP contribution in [-0.4, -0.2) is 17.8 Å². The van der Waals surface area contributed by atoms with E-state index in [-0.39, 0.29) is 6.10 Å². The van der Waals surface area contributed by atoms with Crippen molar-refractivity contribution in [3.05, 3.63) is 11.8 Å². The van der Waals surface area contributed by atoms with Crippen LogP contribution in [0.15, 0.2) is 11.8 Å². The van der Waals surface area contributed by atoms with Crippen LogP contribution in [0.25, 0.3) is 0 Å². The molecule has 0 spiro atoms. The molecule has 1 N–H and O–H groups in total. The monoisotopic (exact) mass is 212 g/mol. The molecule has 0 aromatic carbocycles. The molecule has 0 fully saturated rings. The SMILES string of the molecule is CCCCCCCCC(O)C1=CCCO1. The Labute approximate surface area is 93.3 Å². The fraction of sp³-hybridized carbons (Fsp3) is 0.846. The number of unbranched alkanes of at least 4 members (excludes halogenated alkanes) is 5. The fourth-order valence-corrected chi connectivity index (χ4v) is 1.93. The number of ether oxygens (including phenoxy) is 1. The van der Waals surface area contributed by atoms with Crippen LogP contribution in [0, 0.1) is 0 Å². The van der Waals surface area contributed by atoms with E-state index in [0.717, 1.165) is 31.6 Å². The number of aliphatic hydroxyl groups excluding tert-OH is 1. The first-order valence-electron chi connectivity index (χ1n) is 6.35. The Morgan fingerprint density at radius 1 is 1.27 bits per heavy atom. The molecule has 2 heteroatoms. The number of hydrogen-bond acceptors (Lipinski definition) is 2. The predicted octanol–water partition coefficient (Wildman–Crippen LogP) is 3.40. The third-order valence-corrected chi connectivity index (χ3v) is 2.89. The first-order chi connectivity index (χ1) is 7.34. The minimum absolute atomic E-state index is 0.348. The molecule has 0 saturated carbocycles. The summed E-state index contributed by atoms with van der Waals surface area (Å²) in [5.41, 5.74) is 0. The van der Waals surface area contributed by atoms with E-state index in [4.69, 9.17) is 4.74 Å². The lowest BCUT2D eigenvalue weighted by molar-refractivity contribution is 0.110. The molecular weight excluding hydrogens is 188 g/mol. The van der Waals surface area contributed by atoms with Crippen molar-refractivity contribution in [3.63, 3.8) is 0 Å². The second-order valence-corrected chi connectivity index (χ2v) is 4.32. The van der Waals surface area contributed by atoms with Gasteiger partial charge >= 0.3 is 0 Å². The summed E-state index contributed by atoms with van der Waals surface area (Å²) in [7, 11) is 0. The van der Waals surface area contributed by atoms with Gasteiger partial charge in [-0.2, -0.15) is 0 Å². The topological polar surface area (TPSA) is 29.5 Å². The Balaban J connectivity index is 1.95. The fourth-order valence-electron chi connectivity index (χ4n) is 1.93. The molecule has 2 nitrogen and oxygen atoms in total. The van der Waals surface area contributed by atoms with E-state index in [9.17, 15) is 5.11 Å². The van der Waals surface area contributed by atoms with Crippen molar-refractivity contribution in [2.24, 2.45) is 0 Å². The van der Waals surface area contributed by atoms with Gasteiger partial charge in [0.15, 0.2) is 0 Å². The maximum absolute atomic E-state index is 9.76. The Kier molecular flexibility index (Phi) is 6.49. The maximum atomic E-state index is 9.76. The Bertz CT molecular complexity index is 187. The first-order valence-corrected chi connectivity index (χ1v) is 6.35. The molecule has 0 aromatic rings. The maximum Gasteiger partial charge on any atom is 0.121 e. The minimum atomic E-state index is -0.348. The Morgan fingerprint density at radius 2 is 2.00 bits per heavy atom. The molecule has 1 heterocycles.